The van der Waals surface area contributed by atoms with Crippen LogP contribution in [0.4, 0.5) is 14.0 Å². The summed E-state index contributed by atoms with van der Waals surface area (Å²) >= 11 is 0.963. The van der Waals surface area contributed by atoms with Crippen molar-refractivity contribution in [1.82, 2.24) is 15.5 Å². The number of halogens is 1. The van der Waals surface area contributed by atoms with Gasteiger partial charge in [0.1, 0.15) is 5.82 Å². The normalized spacial score (nSPS) is 14.3. The smallest absolute Gasteiger partial charge is 0.314 e. The molecule has 1 aromatic carbocycles. The Morgan fingerprint density at radius 1 is 1.27 bits per heavy atom. The molecule has 6 nitrogen and oxygen atoms in total. The summed E-state index contributed by atoms with van der Waals surface area (Å²) < 4.78 is 13.0. The van der Waals surface area contributed by atoms with Gasteiger partial charge in [-0.3, -0.25) is 14.5 Å². The van der Waals surface area contributed by atoms with Gasteiger partial charge in [-0.05, 0) is 24.1 Å². The van der Waals surface area contributed by atoms with Gasteiger partial charge in [-0.2, -0.15) is 0 Å². The molecule has 1 aromatic rings. The number of amides is 4. The Hall–Kier alpha value is -2.09. The van der Waals surface area contributed by atoms with E-state index in [4.69, 9.17) is 0 Å². The van der Waals surface area contributed by atoms with Crippen molar-refractivity contribution in [1.29, 1.82) is 0 Å². The van der Waals surface area contributed by atoms with Crippen LogP contribution in [-0.2, 0) is 11.2 Å². The number of rotatable bonds is 6. The summed E-state index contributed by atoms with van der Waals surface area (Å²) in [6.07, 6.45) is 0.519. The number of carbonyl (C=O) groups excluding carboxylic acids is 3. The minimum atomic E-state index is -0.386. The molecular weight excluding hydrogens is 309 g/mol. The maximum absolute atomic E-state index is 13.0. The molecule has 0 atom stereocenters. The number of nitrogens with zero attached hydrogens (tertiary/aromatic N) is 1. The average Bonchev–Trinajstić information content (AvgIpc) is 2.79. The van der Waals surface area contributed by atoms with Crippen molar-refractivity contribution in [3.05, 3.63) is 35.6 Å². The van der Waals surface area contributed by atoms with Gasteiger partial charge in [-0.15, -0.1) is 0 Å². The van der Waals surface area contributed by atoms with Crippen LogP contribution < -0.4 is 10.6 Å². The van der Waals surface area contributed by atoms with Crippen LogP contribution >= 0.6 is 11.8 Å². The molecule has 4 amide bonds. The lowest BCUT2D eigenvalue weighted by Gasteiger charge is -2.13. The third-order valence-corrected chi connectivity index (χ3v) is 3.91. The number of urea groups is 1. The Kier molecular flexibility index (Phi) is 5.76. The van der Waals surface area contributed by atoms with Gasteiger partial charge in [0.25, 0.3) is 5.24 Å². The Balaban J connectivity index is 1.62. The topological polar surface area (TPSA) is 78.5 Å². The Bertz CT molecular complexity index is 566. The average molecular weight is 325 g/mol. The van der Waals surface area contributed by atoms with Crippen LogP contribution in [0.2, 0.25) is 0 Å². The van der Waals surface area contributed by atoms with E-state index in [-0.39, 0.29) is 41.8 Å². The standard InChI is InChI=1S/C14H16FN3O3S/c15-11-3-1-2-10(8-11)4-5-16-13(20)17-6-7-18-12(19)9-22-14(18)21/h1-3,8H,4-7,9H2,(H2,16,17,20). The highest BCUT2D eigenvalue weighted by atomic mass is 32.2. The Morgan fingerprint density at radius 3 is 2.73 bits per heavy atom. The van der Waals surface area contributed by atoms with Gasteiger partial charge in [0.15, 0.2) is 0 Å². The second-order valence-electron chi connectivity index (χ2n) is 4.66. The summed E-state index contributed by atoms with van der Waals surface area (Å²) in [7, 11) is 0. The van der Waals surface area contributed by atoms with Crippen molar-refractivity contribution < 1.29 is 18.8 Å². The molecule has 1 aliphatic heterocycles. The molecule has 0 aliphatic carbocycles. The third kappa shape index (κ3) is 4.73. The first kappa shape index (κ1) is 16.3. The summed E-state index contributed by atoms with van der Waals surface area (Å²) in [5.74, 6) is -0.373. The molecule has 118 valence electrons. The molecule has 0 bridgehead atoms. The molecule has 0 unspecified atom stereocenters. The zero-order valence-corrected chi connectivity index (χ0v) is 12.6. The van der Waals surface area contributed by atoms with E-state index in [1.165, 1.54) is 12.1 Å². The van der Waals surface area contributed by atoms with Gasteiger partial charge < -0.3 is 10.6 Å². The highest BCUT2D eigenvalue weighted by molar-refractivity contribution is 8.14. The monoisotopic (exact) mass is 325 g/mol. The zero-order valence-electron chi connectivity index (χ0n) is 11.8. The Morgan fingerprint density at radius 2 is 2.05 bits per heavy atom. The molecule has 22 heavy (non-hydrogen) atoms. The lowest BCUT2D eigenvalue weighted by molar-refractivity contribution is -0.124. The summed E-state index contributed by atoms with van der Waals surface area (Å²) in [5, 5.41) is 4.92. The van der Waals surface area contributed by atoms with E-state index in [1.807, 2.05) is 0 Å². The minimum absolute atomic E-state index is 0.165. The zero-order chi connectivity index (χ0) is 15.9. The number of hydrogen-bond donors (Lipinski definition) is 2. The van der Waals surface area contributed by atoms with Crippen LogP contribution in [0.25, 0.3) is 0 Å². The Labute approximate surface area is 131 Å². The summed E-state index contributed by atoms with van der Waals surface area (Å²) in [5.41, 5.74) is 0.797. The first-order chi connectivity index (χ1) is 10.6. The first-order valence-electron chi connectivity index (χ1n) is 6.79. The van der Waals surface area contributed by atoms with Gasteiger partial charge in [0, 0.05) is 19.6 Å². The van der Waals surface area contributed by atoms with Gasteiger partial charge in [0.2, 0.25) is 5.91 Å². The predicted octanol–water partition coefficient (Wildman–Crippen LogP) is 1.36. The number of hydrogen-bond acceptors (Lipinski definition) is 4. The number of benzene rings is 1. The maximum Gasteiger partial charge on any atom is 0.314 e. The quantitative estimate of drug-likeness (QED) is 0.828. The fourth-order valence-electron chi connectivity index (χ4n) is 1.95. The van der Waals surface area contributed by atoms with Gasteiger partial charge in [0.05, 0.1) is 5.75 Å². The van der Waals surface area contributed by atoms with Crippen LogP contribution in [0.3, 0.4) is 0 Å². The number of carbonyl (C=O) groups is 3. The second kappa shape index (κ2) is 7.79. The lowest BCUT2D eigenvalue weighted by atomic mass is 10.1. The van der Waals surface area contributed by atoms with E-state index in [2.05, 4.69) is 10.6 Å². The summed E-state index contributed by atoms with van der Waals surface area (Å²) in [4.78, 5) is 35.3. The van der Waals surface area contributed by atoms with Crippen molar-refractivity contribution in [3.63, 3.8) is 0 Å². The highest BCUT2D eigenvalue weighted by Gasteiger charge is 2.29. The van der Waals surface area contributed by atoms with E-state index in [0.29, 0.717) is 13.0 Å². The molecule has 1 saturated heterocycles. The SMILES string of the molecule is O=C(NCCc1cccc(F)c1)NCCN1C(=O)CSC1=O. The number of thioether (sulfide) groups is 1. The van der Waals surface area contributed by atoms with Crippen LogP contribution in [0.15, 0.2) is 24.3 Å². The molecule has 8 heteroatoms. The van der Waals surface area contributed by atoms with E-state index in [9.17, 15) is 18.8 Å². The van der Waals surface area contributed by atoms with Crippen molar-refractivity contribution in [2.75, 3.05) is 25.4 Å². The molecule has 0 saturated carbocycles. The van der Waals surface area contributed by atoms with Gasteiger partial charge in [-0.1, -0.05) is 23.9 Å². The molecule has 0 spiro atoms. The van der Waals surface area contributed by atoms with E-state index >= 15 is 0 Å². The van der Waals surface area contributed by atoms with Crippen LogP contribution in [0.5, 0.6) is 0 Å². The van der Waals surface area contributed by atoms with E-state index < -0.39 is 0 Å². The summed E-state index contributed by atoms with van der Waals surface area (Å²) in [6.45, 7) is 0.735. The fraction of sp³-hybridized carbons (Fsp3) is 0.357. The molecule has 0 aromatic heterocycles. The van der Waals surface area contributed by atoms with Crippen molar-refractivity contribution >= 4 is 28.9 Å². The maximum atomic E-state index is 13.0. The largest absolute Gasteiger partial charge is 0.338 e. The molecule has 0 radical (unpaired) electrons. The summed E-state index contributed by atoms with van der Waals surface area (Å²) in [6, 6.07) is 5.80. The molecule has 1 fully saturated rings. The number of imide groups is 1. The van der Waals surface area contributed by atoms with Gasteiger partial charge >= 0.3 is 6.03 Å². The molecule has 1 heterocycles. The lowest BCUT2D eigenvalue weighted by Crippen LogP contribution is -2.42. The number of nitrogens with one attached hydrogen (secondary N) is 2. The minimum Gasteiger partial charge on any atom is -0.338 e. The third-order valence-electron chi connectivity index (χ3n) is 3.05. The van der Waals surface area contributed by atoms with E-state index in [1.54, 1.807) is 12.1 Å². The first-order valence-corrected chi connectivity index (χ1v) is 7.78. The van der Waals surface area contributed by atoms with Crippen LogP contribution in [0, 0.1) is 5.82 Å². The van der Waals surface area contributed by atoms with Crippen molar-refractivity contribution in [2.24, 2.45) is 0 Å². The van der Waals surface area contributed by atoms with Crippen LogP contribution in [-0.4, -0.2) is 47.5 Å². The van der Waals surface area contributed by atoms with E-state index in [0.717, 1.165) is 22.2 Å². The molecule has 2 N–H and O–H groups in total. The second-order valence-corrected chi connectivity index (χ2v) is 5.59. The molecule has 1 aliphatic rings. The van der Waals surface area contributed by atoms with Crippen molar-refractivity contribution in [2.45, 2.75) is 6.42 Å². The van der Waals surface area contributed by atoms with Crippen molar-refractivity contribution in [3.8, 4) is 0 Å². The predicted molar refractivity (Wildman–Crippen MR) is 81.1 cm³/mol. The molecular formula is C14H16FN3O3S. The highest BCUT2D eigenvalue weighted by Crippen LogP contribution is 2.17. The van der Waals surface area contributed by atoms with Gasteiger partial charge in [-0.25, -0.2) is 9.18 Å². The van der Waals surface area contributed by atoms with Crippen LogP contribution in [0.1, 0.15) is 5.56 Å². The molecule has 2 rings (SSSR count). The fourth-order valence-corrected chi connectivity index (χ4v) is 2.71.